The predicted octanol–water partition coefficient (Wildman–Crippen LogP) is 2.82. The molecule has 116 valence electrons. The van der Waals surface area contributed by atoms with Crippen LogP contribution in [-0.4, -0.2) is 41.4 Å². The van der Waals surface area contributed by atoms with E-state index < -0.39 is 5.60 Å². The molecule has 0 radical (unpaired) electrons. The molecule has 0 bridgehead atoms. The van der Waals surface area contributed by atoms with E-state index >= 15 is 0 Å². The number of amides is 1. The third kappa shape index (κ3) is 3.26. The monoisotopic (exact) mass is 299 g/mol. The Morgan fingerprint density at radius 1 is 1.36 bits per heavy atom. The van der Waals surface area contributed by atoms with Gasteiger partial charge in [0, 0.05) is 18.5 Å². The Kier molecular flexibility index (Phi) is 3.62. The van der Waals surface area contributed by atoms with Gasteiger partial charge in [0.2, 0.25) is 0 Å². The van der Waals surface area contributed by atoms with Gasteiger partial charge >= 0.3 is 6.09 Å². The van der Waals surface area contributed by atoms with E-state index in [0.717, 1.165) is 12.0 Å². The molecule has 3 rings (SSSR count). The Labute approximate surface area is 131 Å². The summed E-state index contributed by atoms with van der Waals surface area (Å²) in [6.07, 6.45) is 0.467. The minimum atomic E-state index is -0.469. The van der Waals surface area contributed by atoms with Gasteiger partial charge in [-0.1, -0.05) is 30.0 Å². The van der Waals surface area contributed by atoms with Gasteiger partial charge < -0.3 is 14.4 Å². The lowest BCUT2D eigenvalue weighted by Crippen LogP contribution is -2.44. The molecule has 4 nitrogen and oxygen atoms in total. The molecule has 0 aromatic heterocycles. The number of piperidine rings is 1. The van der Waals surface area contributed by atoms with Crippen molar-refractivity contribution in [2.75, 3.05) is 13.1 Å². The van der Waals surface area contributed by atoms with Crippen LogP contribution in [0.25, 0.3) is 0 Å². The zero-order valence-corrected chi connectivity index (χ0v) is 13.3. The molecule has 1 aromatic rings. The maximum Gasteiger partial charge on any atom is 0.410 e. The summed E-state index contributed by atoms with van der Waals surface area (Å²) in [7, 11) is 0. The topological polar surface area (TPSA) is 42.1 Å². The first-order chi connectivity index (χ1) is 10.4. The third-order valence-electron chi connectivity index (χ3n) is 3.80. The van der Waals surface area contributed by atoms with Crippen LogP contribution in [0.2, 0.25) is 0 Å². The lowest BCUT2D eigenvalue weighted by atomic mass is 9.97. The summed E-state index contributed by atoms with van der Waals surface area (Å²) in [5, 5.41) is 0. The second-order valence-corrected chi connectivity index (χ2v) is 6.79. The van der Waals surface area contributed by atoms with Crippen LogP contribution in [0.1, 0.15) is 32.8 Å². The first-order valence-electron chi connectivity index (χ1n) is 7.62. The molecule has 0 spiro atoms. The van der Waals surface area contributed by atoms with Crippen LogP contribution in [0.4, 0.5) is 4.79 Å². The van der Waals surface area contributed by atoms with Crippen LogP contribution in [0, 0.1) is 11.8 Å². The largest absolute Gasteiger partial charge is 0.444 e. The molecule has 0 unspecified atom stereocenters. The Morgan fingerprint density at radius 3 is 2.73 bits per heavy atom. The average molecular weight is 299 g/mol. The van der Waals surface area contributed by atoms with Gasteiger partial charge in [-0.2, -0.15) is 0 Å². The van der Waals surface area contributed by atoms with Crippen molar-refractivity contribution in [3.8, 4) is 11.8 Å². The molecule has 0 N–H and O–H groups in total. The third-order valence-corrected chi connectivity index (χ3v) is 3.80. The number of rotatable bonds is 0. The second kappa shape index (κ2) is 5.33. The fourth-order valence-corrected chi connectivity index (χ4v) is 2.58. The van der Waals surface area contributed by atoms with Crippen molar-refractivity contribution in [2.24, 2.45) is 0 Å². The van der Waals surface area contributed by atoms with E-state index in [9.17, 15) is 4.79 Å². The highest BCUT2D eigenvalue weighted by atomic mass is 16.6. The van der Waals surface area contributed by atoms with E-state index in [1.165, 1.54) is 0 Å². The van der Waals surface area contributed by atoms with Gasteiger partial charge in [0.15, 0.2) is 5.60 Å². The summed E-state index contributed by atoms with van der Waals surface area (Å²) in [5.41, 5.74) is 0.151. The first kappa shape index (κ1) is 14.9. The first-order valence-corrected chi connectivity index (χ1v) is 7.62. The van der Waals surface area contributed by atoms with E-state index in [-0.39, 0.29) is 17.8 Å². The number of hydrogen-bond donors (Lipinski definition) is 0. The number of carbonyl (C=O) groups is 1. The molecule has 2 saturated heterocycles. The fourth-order valence-electron chi connectivity index (χ4n) is 2.58. The highest BCUT2D eigenvalue weighted by molar-refractivity contribution is 5.68. The Morgan fingerprint density at radius 2 is 2.09 bits per heavy atom. The van der Waals surface area contributed by atoms with Gasteiger partial charge in [-0.25, -0.2) is 4.79 Å². The molecule has 0 saturated carbocycles. The maximum atomic E-state index is 12.1. The Bertz CT molecular complexity index is 623. The number of nitrogens with zero attached hydrogens (tertiary/aromatic N) is 1. The number of benzene rings is 1. The quantitative estimate of drug-likeness (QED) is 0.546. The van der Waals surface area contributed by atoms with Gasteiger partial charge in [0.1, 0.15) is 11.7 Å². The lowest BCUT2D eigenvalue weighted by molar-refractivity contribution is 0.0224. The van der Waals surface area contributed by atoms with Gasteiger partial charge in [0.05, 0.1) is 6.54 Å². The Hall–Kier alpha value is -1.99. The van der Waals surface area contributed by atoms with Crippen molar-refractivity contribution in [2.45, 2.75) is 44.5 Å². The average Bonchev–Trinajstić information content (AvgIpc) is 3.18. The number of ether oxygens (including phenoxy) is 2. The normalized spacial score (nSPS) is 26.5. The molecular formula is C18H21NO3. The molecule has 1 aromatic carbocycles. The number of fused-ring (bicyclic) bond motifs is 1. The number of likely N-dealkylation sites (tertiary alicyclic amines) is 1. The van der Waals surface area contributed by atoms with Crippen LogP contribution in [0.5, 0.6) is 0 Å². The SMILES string of the molecule is CC(C)(C)OC(=O)N1CC[C@]2(C#Cc3ccccc3)O[C@@H]2C1. The number of carbonyl (C=O) groups excluding carboxylic acids is 1. The molecule has 1 amide bonds. The van der Waals surface area contributed by atoms with E-state index in [4.69, 9.17) is 9.47 Å². The van der Waals surface area contributed by atoms with Crippen molar-refractivity contribution in [1.29, 1.82) is 0 Å². The highest BCUT2D eigenvalue weighted by Crippen LogP contribution is 2.43. The van der Waals surface area contributed by atoms with Crippen LogP contribution in [0.3, 0.4) is 0 Å². The van der Waals surface area contributed by atoms with Gasteiger partial charge in [-0.3, -0.25) is 0 Å². The zero-order valence-electron chi connectivity index (χ0n) is 13.3. The van der Waals surface area contributed by atoms with Crippen LogP contribution < -0.4 is 0 Å². The molecule has 2 fully saturated rings. The predicted molar refractivity (Wildman–Crippen MR) is 83.3 cm³/mol. The minimum absolute atomic E-state index is 0.00461. The van der Waals surface area contributed by atoms with Crippen LogP contribution in [-0.2, 0) is 9.47 Å². The van der Waals surface area contributed by atoms with Crippen LogP contribution >= 0.6 is 0 Å². The smallest absolute Gasteiger partial charge is 0.410 e. The van der Waals surface area contributed by atoms with Crippen molar-refractivity contribution in [3.63, 3.8) is 0 Å². The van der Waals surface area contributed by atoms with E-state index in [2.05, 4.69) is 11.8 Å². The summed E-state index contributed by atoms with van der Waals surface area (Å²) in [6, 6.07) is 9.88. The van der Waals surface area contributed by atoms with Crippen molar-refractivity contribution in [1.82, 2.24) is 4.90 Å². The summed E-state index contributed by atoms with van der Waals surface area (Å²) in [6.45, 7) is 6.79. The molecule has 22 heavy (non-hydrogen) atoms. The lowest BCUT2D eigenvalue weighted by Gasteiger charge is -2.29. The molecule has 2 atom stereocenters. The number of epoxide rings is 1. The van der Waals surface area contributed by atoms with Crippen molar-refractivity contribution >= 4 is 6.09 Å². The van der Waals surface area contributed by atoms with E-state index in [0.29, 0.717) is 13.1 Å². The van der Waals surface area contributed by atoms with E-state index in [1.54, 1.807) is 4.90 Å². The maximum absolute atomic E-state index is 12.1. The summed E-state index contributed by atoms with van der Waals surface area (Å²) < 4.78 is 11.2. The van der Waals surface area contributed by atoms with Crippen molar-refractivity contribution < 1.29 is 14.3 Å². The summed E-state index contributed by atoms with van der Waals surface area (Å²) >= 11 is 0. The summed E-state index contributed by atoms with van der Waals surface area (Å²) in [4.78, 5) is 13.8. The Balaban J connectivity index is 1.60. The highest BCUT2D eigenvalue weighted by Gasteiger charge is 2.59. The zero-order chi connectivity index (χ0) is 15.8. The molecular weight excluding hydrogens is 278 g/mol. The van der Waals surface area contributed by atoms with Crippen LogP contribution in [0.15, 0.2) is 30.3 Å². The van der Waals surface area contributed by atoms with Gasteiger partial charge in [-0.05, 0) is 32.9 Å². The molecule has 2 heterocycles. The fraction of sp³-hybridized carbons (Fsp3) is 0.500. The summed E-state index contributed by atoms with van der Waals surface area (Å²) in [5.74, 6) is 6.41. The molecule has 2 aliphatic heterocycles. The standard InChI is InChI=1S/C18H21NO3/c1-17(2,3)22-16(20)19-12-11-18(15(13-19)21-18)10-9-14-7-5-4-6-8-14/h4-8,15H,11-13H2,1-3H3/t15-,18+/m1/s1. The second-order valence-electron chi connectivity index (χ2n) is 6.79. The molecule has 4 heteroatoms. The van der Waals surface area contributed by atoms with Gasteiger partial charge in [-0.15, -0.1) is 0 Å². The molecule has 2 aliphatic rings. The number of hydrogen-bond acceptors (Lipinski definition) is 3. The van der Waals surface area contributed by atoms with Crippen molar-refractivity contribution in [3.05, 3.63) is 35.9 Å². The minimum Gasteiger partial charge on any atom is -0.444 e. The van der Waals surface area contributed by atoms with Gasteiger partial charge in [0.25, 0.3) is 0 Å². The molecule has 0 aliphatic carbocycles. The van der Waals surface area contributed by atoms with E-state index in [1.807, 2.05) is 51.1 Å².